The van der Waals surface area contributed by atoms with E-state index in [4.69, 9.17) is 9.47 Å². The second-order valence-electron chi connectivity index (χ2n) is 3.85. The lowest BCUT2D eigenvalue weighted by Crippen LogP contribution is -2.27. The average Bonchev–Trinajstić information content (AvgIpc) is 2.38. The Bertz CT molecular complexity index is 499. The van der Waals surface area contributed by atoms with Gasteiger partial charge >= 0.3 is 0 Å². The molecule has 0 amide bonds. The van der Waals surface area contributed by atoms with Crippen molar-refractivity contribution >= 4 is 10.0 Å². The molecule has 0 aromatic heterocycles. The minimum Gasteiger partial charge on any atom is -0.493 e. The molecule has 1 aromatic rings. The van der Waals surface area contributed by atoms with Gasteiger partial charge in [-0.05, 0) is 24.6 Å². The van der Waals surface area contributed by atoms with Gasteiger partial charge in [-0.2, -0.15) is 0 Å². The van der Waals surface area contributed by atoms with Crippen LogP contribution in [0.4, 0.5) is 0 Å². The molecule has 0 radical (unpaired) electrons. The second kappa shape index (κ2) is 6.06. The van der Waals surface area contributed by atoms with Crippen molar-refractivity contribution < 1.29 is 17.9 Å². The Balaban J connectivity index is 2.92. The number of benzene rings is 1. The Kier molecular flexibility index (Phi) is 4.98. The fourth-order valence-electron chi connectivity index (χ4n) is 1.55. The van der Waals surface area contributed by atoms with Crippen LogP contribution < -0.4 is 9.47 Å². The summed E-state index contributed by atoms with van der Waals surface area (Å²) in [6.07, 6.45) is 0. The van der Waals surface area contributed by atoms with Crippen LogP contribution in [-0.2, 0) is 16.6 Å². The van der Waals surface area contributed by atoms with Crippen LogP contribution in [0.15, 0.2) is 18.2 Å². The summed E-state index contributed by atoms with van der Waals surface area (Å²) >= 11 is 0. The molecule has 0 fully saturated rings. The van der Waals surface area contributed by atoms with Gasteiger partial charge in [0.05, 0.1) is 20.0 Å². The van der Waals surface area contributed by atoms with Gasteiger partial charge in [-0.15, -0.1) is 0 Å². The molecule has 102 valence electrons. The molecular formula is C12H19NO4S. The number of hydrogen-bond acceptors (Lipinski definition) is 4. The van der Waals surface area contributed by atoms with E-state index < -0.39 is 10.0 Å². The van der Waals surface area contributed by atoms with Crippen LogP contribution in [0.3, 0.4) is 0 Å². The highest BCUT2D eigenvalue weighted by Crippen LogP contribution is 2.28. The summed E-state index contributed by atoms with van der Waals surface area (Å²) in [6, 6.07) is 5.37. The van der Waals surface area contributed by atoms with Crippen molar-refractivity contribution in [2.24, 2.45) is 0 Å². The van der Waals surface area contributed by atoms with Gasteiger partial charge in [-0.1, -0.05) is 6.07 Å². The molecule has 6 heteroatoms. The van der Waals surface area contributed by atoms with E-state index in [1.807, 2.05) is 6.07 Å². The lowest BCUT2D eigenvalue weighted by molar-refractivity contribution is 0.354. The quantitative estimate of drug-likeness (QED) is 0.788. The standard InChI is InChI=1S/C12H19NO4S/c1-5-18(14,15)13(2)9-10-6-7-11(16-3)12(8-10)17-4/h6-8H,5,9H2,1-4H3. The number of methoxy groups -OCH3 is 2. The summed E-state index contributed by atoms with van der Waals surface area (Å²) in [5, 5.41) is 0. The van der Waals surface area contributed by atoms with Crippen LogP contribution in [0.1, 0.15) is 12.5 Å². The average molecular weight is 273 g/mol. The molecule has 0 N–H and O–H groups in total. The number of rotatable bonds is 6. The van der Waals surface area contributed by atoms with Crippen molar-refractivity contribution in [1.82, 2.24) is 4.31 Å². The number of ether oxygens (including phenoxy) is 2. The molecule has 18 heavy (non-hydrogen) atoms. The van der Waals surface area contributed by atoms with Crippen molar-refractivity contribution in [1.29, 1.82) is 0 Å². The Morgan fingerprint density at radius 1 is 1.17 bits per heavy atom. The largest absolute Gasteiger partial charge is 0.493 e. The Morgan fingerprint density at radius 3 is 2.28 bits per heavy atom. The molecule has 0 saturated carbocycles. The fraction of sp³-hybridized carbons (Fsp3) is 0.500. The van der Waals surface area contributed by atoms with Gasteiger partial charge in [-0.25, -0.2) is 12.7 Å². The molecule has 0 bridgehead atoms. The Morgan fingerprint density at radius 2 is 1.78 bits per heavy atom. The molecule has 1 aromatic carbocycles. The first-order chi connectivity index (χ1) is 8.44. The van der Waals surface area contributed by atoms with E-state index in [0.717, 1.165) is 5.56 Å². The van der Waals surface area contributed by atoms with Gasteiger partial charge < -0.3 is 9.47 Å². The Hall–Kier alpha value is -1.27. The summed E-state index contributed by atoms with van der Waals surface area (Å²) in [4.78, 5) is 0. The van der Waals surface area contributed by atoms with Crippen LogP contribution in [0.25, 0.3) is 0 Å². The summed E-state index contributed by atoms with van der Waals surface area (Å²) in [6.45, 7) is 1.94. The van der Waals surface area contributed by atoms with E-state index >= 15 is 0 Å². The van der Waals surface area contributed by atoms with Crippen molar-refractivity contribution in [3.05, 3.63) is 23.8 Å². The zero-order valence-electron chi connectivity index (χ0n) is 11.1. The highest BCUT2D eigenvalue weighted by Gasteiger charge is 2.16. The van der Waals surface area contributed by atoms with Gasteiger partial charge in [0.15, 0.2) is 11.5 Å². The minimum absolute atomic E-state index is 0.0940. The van der Waals surface area contributed by atoms with Crippen molar-refractivity contribution in [3.63, 3.8) is 0 Å². The van der Waals surface area contributed by atoms with Crippen LogP contribution in [0, 0.1) is 0 Å². The molecule has 0 aliphatic carbocycles. The van der Waals surface area contributed by atoms with Crippen molar-refractivity contribution in [2.45, 2.75) is 13.5 Å². The monoisotopic (exact) mass is 273 g/mol. The first-order valence-electron chi connectivity index (χ1n) is 5.59. The molecule has 0 unspecified atom stereocenters. The third kappa shape index (κ3) is 3.36. The summed E-state index contributed by atoms with van der Waals surface area (Å²) in [5.74, 6) is 1.32. The van der Waals surface area contributed by atoms with Crippen LogP contribution in [0.5, 0.6) is 11.5 Å². The molecule has 0 aliphatic heterocycles. The lowest BCUT2D eigenvalue weighted by Gasteiger charge is -2.17. The highest BCUT2D eigenvalue weighted by molar-refractivity contribution is 7.89. The van der Waals surface area contributed by atoms with E-state index in [2.05, 4.69) is 0 Å². The number of hydrogen-bond donors (Lipinski definition) is 0. The van der Waals surface area contributed by atoms with Crippen molar-refractivity contribution in [3.8, 4) is 11.5 Å². The zero-order chi connectivity index (χ0) is 13.8. The topological polar surface area (TPSA) is 55.8 Å². The van der Waals surface area contributed by atoms with Crippen LogP contribution in [-0.4, -0.2) is 39.7 Å². The number of sulfonamides is 1. The van der Waals surface area contributed by atoms with Gasteiger partial charge in [-0.3, -0.25) is 0 Å². The molecule has 0 spiro atoms. The predicted molar refractivity (Wildman–Crippen MR) is 70.5 cm³/mol. The van der Waals surface area contributed by atoms with Gasteiger partial charge in [0.1, 0.15) is 0 Å². The second-order valence-corrected chi connectivity index (χ2v) is 6.21. The van der Waals surface area contributed by atoms with E-state index in [0.29, 0.717) is 18.0 Å². The van der Waals surface area contributed by atoms with Gasteiger partial charge in [0.2, 0.25) is 10.0 Å². The normalized spacial score (nSPS) is 11.6. The summed E-state index contributed by atoms with van der Waals surface area (Å²) in [7, 11) is 1.51. The summed E-state index contributed by atoms with van der Waals surface area (Å²) < 4.78 is 34.9. The third-order valence-corrected chi connectivity index (χ3v) is 4.50. The lowest BCUT2D eigenvalue weighted by atomic mass is 10.2. The summed E-state index contributed by atoms with van der Waals surface area (Å²) in [5.41, 5.74) is 0.854. The molecule has 0 aliphatic rings. The van der Waals surface area contributed by atoms with E-state index in [9.17, 15) is 8.42 Å². The molecule has 0 atom stereocenters. The van der Waals surface area contributed by atoms with E-state index in [-0.39, 0.29) is 5.75 Å². The maximum absolute atomic E-state index is 11.7. The molecule has 1 rings (SSSR count). The zero-order valence-corrected chi connectivity index (χ0v) is 12.0. The molecule has 0 heterocycles. The first-order valence-corrected chi connectivity index (χ1v) is 7.20. The predicted octanol–water partition coefficient (Wildman–Crippen LogP) is 1.49. The SMILES string of the molecule is CCS(=O)(=O)N(C)Cc1ccc(OC)c(OC)c1. The fourth-order valence-corrected chi connectivity index (χ4v) is 2.34. The molecule has 5 nitrogen and oxygen atoms in total. The minimum atomic E-state index is -3.17. The molecular weight excluding hydrogens is 254 g/mol. The van der Waals surface area contributed by atoms with E-state index in [1.165, 1.54) is 4.31 Å². The van der Waals surface area contributed by atoms with Gasteiger partial charge in [0.25, 0.3) is 0 Å². The van der Waals surface area contributed by atoms with Gasteiger partial charge in [0, 0.05) is 13.6 Å². The highest BCUT2D eigenvalue weighted by atomic mass is 32.2. The number of nitrogens with zero attached hydrogens (tertiary/aromatic N) is 1. The molecule has 0 saturated heterocycles. The van der Waals surface area contributed by atoms with E-state index in [1.54, 1.807) is 40.3 Å². The first kappa shape index (κ1) is 14.8. The van der Waals surface area contributed by atoms with Crippen molar-refractivity contribution in [2.75, 3.05) is 27.0 Å². The van der Waals surface area contributed by atoms with Crippen LogP contribution in [0.2, 0.25) is 0 Å². The smallest absolute Gasteiger partial charge is 0.213 e. The maximum atomic E-state index is 11.7. The third-order valence-electron chi connectivity index (χ3n) is 2.69. The van der Waals surface area contributed by atoms with Crippen LogP contribution >= 0.6 is 0 Å². The Labute approximate surface area is 108 Å². The maximum Gasteiger partial charge on any atom is 0.213 e.